The van der Waals surface area contributed by atoms with E-state index in [0.717, 1.165) is 40.6 Å². The Morgan fingerprint density at radius 1 is 0.818 bits per heavy atom. The first kappa shape index (κ1) is 21.3. The number of hydrogen-bond donors (Lipinski definition) is 0. The summed E-state index contributed by atoms with van der Waals surface area (Å²) in [5.41, 5.74) is 10.5. The summed E-state index contributed by atoms with van der Waals surface area (Å²) in [4.78, 5) is 5.26. The van der Waals surface area contributed by atoms with Crippen molar-refractivity contribution in [3.8, 4) is 17.1 Å². The van der Waals surface area contributed by atoms with Crippen LogP contribution in [0.4, 0.5) is 0 Å². The van der Waals surface area contributed by atoms with Crippen molar-refractivity contribution in [3.63, 3.8) is 0 Å². The maximum atomic E-state index is 5.26. The Hall–Kier alpha value is -2.22. The van der Waals surface area contributed by atoms with E-state index in [2.05, 4.69) is 66.9 Å². The first-order chi connectivity index (χ1) is 15.7. The van der Waals surface area contributed by atoms with Gasteiger partial charge in [-0.15, -0.1) is 35.9 Å². The van der Waals surface area contributed by atoms with E-state index in [1.165, 1.54) is 54.4 Å². The van der Waals surface area contributed by atoms with E-state index in [0.29, 0.717) is 0 Å². The fourth-order valence-electron chi connectivity index (χ4n) is 7.32. The molecule has 169 valence electrons. The van der Waals surface area contributed by atoms with Crippen molar-refractivity contribution in [1.29, 1.82) is 0 Å². The van der Waals surface area contributed by atoms with Crippen molar-refractivity contribution in [2.24, 2.45) is 11.8 Å². The number of nitrogens with zero attached hydrogens (tertiary/aromatic N) is 2. The maximum Gasteiger partial charge on any atom is 0.0777 e. The van der Waals surface area contributed by atoms with Crippen LogP contribution < -0.4 is 0 Å². The quantitative estimate of drug-likeness (QED) is 0.215. The number of hydrogen-bond acceptors (Lipinski definition) is 1. The van der Waals surface area contributed by atoms with Gasteiger partial charge in [-0.1, -0.05) is 18.2 Å². The van der Waals surface area contributed by atoms with Gasteiger partial charge in [-0.3, -0.25) is 4.98 Å². The van der Waals surface area contributed by atoms with Gasteiger partial charge in [0.2, 0.25) is 0 Å². The van der Waals surface area contributed by atoms with Gasteiger partial charge in [0, 0.05) is 25.8 Å². The van der Waals surface area contributed by atoms with Gasteiger partial charge in [0.05, 0.1) is 16.9 Å². The van der Waals surface area contributed by atoms with Gasteiger partial charge in [0.1, 0.15) is 0 Å². The number of aromatic nitrogens is 2. The molecular formula is C30H29IrN2-. The normalized spacial score (nSPS) is 25.0. The minimum absolute atomic E-state index is 0. The molecule has 4 aliphatic carbocycles. The summed E-state index contributed by atoms with van der Waals surface area (Å²) in [7, 11) is 0. The van der Waals surface area contributed by atoms with Crippen LogP contribution in [0, 0.1) is 31.7 Å². The third-order valence-electron chi connectivity index (χ3n) is 8.49. The second-order valence-electron chi connectivity index (χ2n) is 10.6. The molecule has 4 aromatic rings. The van der Waals surface area contributed by atoms with Crippen molar-refractivity contribution >= 4 is 11.0 Å². The smallest absolute Gasteiger partial charge is 0.0777 e. The SMILES string of the molecule is Cc1cccc(C)c1-n1c(-c2[c-]cccc2)nc2cc3c(cc21)C1CC2CC(CC3C2)C1.[Ir]. The fourth-order valence-corrected chi connectivity index (χ4v) is 7.32. The van der Waals surface area contributed by atoms with Crippen LogP contribution in [-0.4, -0.2) is 9.55 Å². The van der Waals surface area contributed by atoms with Crippen LogP contribution in [0.1, 0.15) is 66.2 Å². The summed E-state index contributed by atoms with van der Waals surface area (Å²) in [6.45, 7) is 4.44. The first-order valence-corrected chi connectivity index (χ1v) is 12.3. The largest absolute Gasteiger partial charge is 0.333 e. The molecule has 1 aromatic heterocycles. The predicted molar refractivity (Wildman–Crippen MR) is 130 cm³/mol. The molecule has 1 radical (unpaired) electrons. The number of imidazole rings is 1. The average Bonchev–Trinajstić information content (AvgIpc) is 3.07. The van der Waals surface area contributed by atoms with Crippen molar-refractivity contribution in [2.45, 2.75) is 57.8 Å². The number of benzene rings is 3. The Balaban J connectivity index is 0.00000206. The molecule has 3 heteroatoms. The van der Waals surface area contributed by atoms with Crippen LogP contribution in [0.2, 0.25) is 0 Å². The van der Waals surface area contributed by atoms with Gasteiger partial charge in [-0.25, -0.2) is 0 Å². The van der Waals surface area contributed by atoms with Gasteiger partial charge < -0.3 is 4.57 Å². The Bertz CT molecular complexity index is 1320. The van der Waals surface area contributed by atoms with Crippen LogP contribution >= 0.6 is 0 Å². The molecule has 2 nitrogen and oxygen atoms in total. The summed E-state index contributed by atoms with van der Waals surface area (Å²) in [5.74, 6) is 4.35. The minimum atomic E-state index is 0. The minimum Gasteiger partial charge on any atom is -0.333 e. The third kappa shape index (κ3) is 3.27. The van der Waals surface area contributed by atoms with Crippen molar-refractivity contribution in [2.75, 3.05) is 0 Å². The molecule has 0 aliphatic heterocycles. The van der Waals surface area contributed by atoms with Crippen LogP contribution in [-0.2, 0) is 20.1 Å². The van der Waals surface area contributed by atoms with E-state index < -0.39 is 0 Å². The zero-order valence-electron chi connectivity index (χ0n) is 19.3. The molecule has 3 aromatic carbocycles. The van der Waals surface area contributed by atoms with Gasteiger partial charge in [0.25, 0.3) is 0 Å². The molecule has 2 atom stereocenters. The molecule has 8 rings (SSSR count). The molecule has 33 heavy (non-hydrogen) atoms. The second kappa shape index (κ2) is 7.93. The molecule has 0 spiro atoms. The van der Waals surface area contributed by atoms with Gasteiger partial charge in [-0.05, 0) is 104 Å². The monoisotopic (exact) mass is 610 g/mol. The number of fused-ring (bicyclic) bond motifs is 1. The van der Waals surface area contributed by atoms with Crippen LogP contribution in [0.15, 0.2) is 54.6 Å². The van der Waals surface area contributed by atoms with Crippen molar-refractivity contribution < 1.29 is 20.1 Å². The summed E-state index contributed by atoms with van der Waals surface area (Å²) in [6.07, 6.45) is 7.04. The molecule has 0 N–H and O–H groups in total. The van der Waals surface area contributed by atoms with Crippen LogP contribution in [0.25, 0.3) is 28.1 Å². The van der Waals surface area contributed by atoms with E-state index in [4.69, 9.17) is 4.98 Å². The molecule has 2 unspecified atom stereocenters. The summed E-state index contributed by atoms with van der Waals surface area (Å²) >= 11 is 0. The number of aryl methyl sites for hydroxylation is 2. The van der Waals surface area contributed by atoms with Gasteiger partial charge in [0.15, 0.2) is 0 Å². The Kier molecular flexibility index (Phi) is 5.12. The molecule has 0 saturated heterocycles. The Morgan fingerprint density at radius 3 is 2.12 bits per heavy atom. The average molecular weight is 610 g/mol. The summed E-state index contributed by atoms with van der Waals surface area (Å²) in [5, 5.41) is 0. The van der Waals surface area contributed by atoms with Crippen molar-refractivity contribution in [1.82, 2.24) is 9.55 Å². The van der Waals surface area contributed by atoms with Crippen LogP contribution in [0.3, 0.4) is 0 Å². The first-order valence-electron chi connectivity index (χ1n) is 12.3. The zero-order valence-corrected chi connectivity index (χ0v) is 21.7. The molecule has 1 heterocycles. The number of para-hydroxylation sites is 1. The van der Waals surface area contributed by atoms with Gasteiger partial charge in [-0.2, -0.15) is 0 Å². The van der Waals surface area contributed by atoms with E-state index in [1.54, 1.807) is 11.1 Å². The standard InChI is InChI=1S/C30H29N2.Ir/c1-18-7-6-8-19(2)29(18)32-28-17-26-24-14-20-11-21(15-24)13-23(12-20)25(26)16-27(28)31-30(32)22-9-4-3-5-10-22;/h3-9,16-17,20-21,23-24H,11-15H2,1-2H3;/q-1;. The van der Waals surface area contributed by atoms with E-state index >= 15 is 0 Å². The number of rotatable bonds is 2. The summed E-state index contributed by atoms with van der Waals surface area (Å²) in [6, 6.07) is 23.3. The van der Waals surface area contributed by atoms with Crippen molar-refractivity contribution in [3.05, 3.63) is 82.9 Å². The molecule has 2 fully saturated rings. The third-order valence-corrected chi connectivity index (χ3v) is 8.49. The Labute approximate surface area is 209 Å². The zero-order chi connectivity index (χ0) is 21.4. The molecule has 4 bridgehead atoms. The predicted octanol–water partition coefficient (Wildman–Crippen LogP) is 7.50. The van der Waals surface area contributed by atoms with Crippen LogP contribution in [0.5, 0.6) is 0 Å². The molecule has 0 amide bonds. The van der Waals surface area contributed by atoms with E-state index in [-0.39, 0.29) is 20.1 Å². The van der Waals surface area contributed by atoms with Gasteiger partial charge >= 0.3 is 0 Å². The molecule has 2 saturated carbocycles. The Morgan fingerprint density at radius 2 is 1.48 bits per heavy atom. The van der Waals surface area contributed by atoms with E-state index in [9.17, 15) is 0 Å². The fraction of sp³-hybridized carbons (Fsp3) is 0.367. The maximum absolute atomic E-state index is 5.26. The topological polar surface area (TPSA) is 17.8 Å². The summed E-state index contributed by atoms with van der Waals surface area (Å²) < 4.78 is 2.42. The second-order valence-corrected chi connectivity index (χ2v) is 10.6. The molecular weight excluding hydrogens is 581 g/mol. The van der Waals surface area contributed by atoms with E-state index in [1.807, 2.05) is 12.1 Å². The molecule has 4 aliphatic rings.